The van der Waals surface area contributed by atoms with Gasteiger partial charge in [-0.1, -0.05) is 48.0 Å². The van der Waals surface area contributed by atoms with Crippen LogP contribution in [0.3, 0.4) is 0 Å². The summed E-state index contributed by atoms with van der Waals surface area (Å²) in [5.41, 5.74) is 4.29. The second-order valence-electron chi connectivity index (χ2n) is 10.0. The van der Waals surface area contributed by atoms with Gasteiger partial charge in [0.15, 0.2) is 0 Å². The lowest BCUT2D eigenvalue weighted by molar-refractivity contribution is -0.125. The number of aromatic nitrogens is 2. The third-order valence-electron chi connectivity index (χ3n) is 7.35. The molecule has 2 amide bonds. The molecule has 1 aromatic heterocycles. The van der Waals surface area contributed by atoms with E-state index < -0.39 is 6.04 Å². The summed E-state index contributed by atoms with van der Waals surface area (Å²) in [4.78, 5) is 37.0. The minimum absolute atomic E-state index is 0.0680. The molecule has 3 N–H and O–H groups in total. The molecule has 3 heterocycles. The first kappa shape index (κ1) is 27.1. The van der Waals surface area contributed by atoms with Crippen molar-refractivity contribution < 1.29 is 19.4 Å². The lowest BCUT2D eigenvalue weighted by atomic mass is 10.0. The smallest absolute Gasteiger partial charge is 0.255 e. The van der Waals surface area contributed by atoms with Gasteiger partial charge in [-0.25, -0.2) is 9.97 Å². The summed E-state index contributed by atoms with van der Waals surface area (Å²) in [6.45, 7) is 5.28. The van der Waals surface area contributed by atoms with E-state index in [1.165, 1.54) is 0 Å². The van der Waals surface area contributed by atoms with Crippen molar-refractivity contribution in [1.82, 2.24) is 20.2 Å². The van der Waals surface area contributed by atoms with Gasteiger partial charge in [0.1, 0.15) is 6.04 Å². The van der Waals surface area contributed by atoms with Crippen LogP contribution in [0.15, 0.2) is 48.7 Å². The molecule has 1 saturated heterocycles. The SMILES string of the molecule is CC(NC(=O)C(C)N1Cc2ccc(-c3nc(NC4CCOCC4)ncc3Cl)cc2C1=O)c1cccc(CO)c1. The van der Waals surface area contributed by atoms with Crippen LogP contribution in [-0.2, 0) is 22.7 Å². The van der Waals surface area contributed by atoms with Gasteiger partial charge in [0.05, 0.1) is 29.6 Å². The molecule has 3 aromatic rings. The molecule has 10 heteroatoms. The Bertz CT molecular complexity index is 1380. The summed E-state index contributed by atoms with van der Waals surface area (Å²) >= 11 is 6.46. The van der Waals surface area contributed by atoms with Crippen molar-refractivity contribution >= 4 is 29.4 Å². The molecule has 2 atom stereocenters. The zero-order valence-corrected chi connectivity index (χ0v) is 22.7. The normalized spacial score (nSPS) is 17.0. The lowest BCUT2D eigenvalue weighted by Gasteiger charge is -2.25. The van der Waals surface area contributed by atoms with E-state index in [2.05, 4.69) is 20.6 Å². The van der Waals surface area contributed by atoms with E-state index in [4.69, 9.17) is 16.3 Å². The lowest BCUT2D eigenvalue weighted by Crippen LogP contribution is -2.45. The fourth-order valence-corrected chi connectivity index (χ4v) is 5.17. The molecule has 0 bridgehead atoms. The van der Waals surface area contributed by atoms with E-state index in [1.807, 2.05) is 43.3 Å². The van der Waals surface area contributed by atoms with Gasteiger partial charge in [0.25, 0.3) is 5.91 Å². The number of aliphatic hydroxyl groups is 1. The van der Waals surface area contributed by atoms with Crippen LogP contribution < -0.4 is 10.6 Å². The van der Waals surface area contributed by atoms with Crippen LogP contribution in [0.5, 0.6) is 0 Å². The van der Waals surface area contributed by atoms with Gasteiger partial charge in [-0.2, -0.15) is 0 Å². The standard InChI is InChI=1S/C29H32ClN5O4/c1-17(20-5-3-4-19(12-20)16-36)32-27(37)18(2)35-15-22-7-6-21(13-24(22)28(35)38)26-25(30)14-31-29(34-26)33-23-8-10-39-11-9-23/h3-7,12-14,17-18,23,36H,8-11,15-16H2,1-2H3,(H,32,37)(H,31,33,34). The molecule has 1 fully saturated rings. The number of hydrogen-bond donors (Lipinski definition) is 3. The van der Waals surface area contributed by atoms with Crippen molar-refractivity contribution in [2.24, 2.45) is 0 Å². The molecule has 9 nitrogen and oxygen atoms in total. The Hall–Kier alpha value is -3.53. The van der Waals surface area contributed by atoms with Gasteiger partial charge in [-0.15, -0.1) is 0 Å². The number of amides is 2. The maximum Gasteiger partial charge on any atom is 0.255 e. The van der Waals surface area contributed by atoms with Crippen molar-refractivity contribution in [3.63, 3.8) is 0 Å². The van der Waals surface area contributed by atoms with Crippen molar-refractivity contribution in [2.45, 2.75) is 58.0 Å². The summed E-state index contributed by atoms with van der Waals surface area (Å²) < 4.78 is 5.42. The van der Waals surface area contributed by atoms with Crippen molar-refractivity contribution in [3.8, 4) is 11.3 Å². The Kier molecular flexibility index (Phi) is 8.11. The molecule has 2 aromatic carbocycles. The first-order valence-corrected chi connectivity index (χ1v) is 13.5. The molecule has 2 aliphatic heterocycles. The molecule has 0 spiro atoms. The predicted octanol–water partition coefficient (Wildman–Crippen LogP) is 4.10. The zero-order valence-electron chi connectivity index (χ0n) is 22.0. The van der Waals surface area contributed by atoms with Gasteiger partial charge in [0.2, 0.25) is 11.9 Å². The number of benzene rings is 2. The number of ether oxygens (including phenoxy) is 1. The number of hydrogen-bond acceptors (Lipinski definition) is 7. The van der Waals surface area contributed by atoms with Crippen LogP contribution in [-0.4, -0.2) is 57.1 Å². The summed E-state index contributed by atoms with van der Waals surface area (Å²) in [7, 11) is 0. The number of anilines is 1. The topological polar surface area (TPSA) is 117 Å². The molecule has 39 heavy (non-hydrogen) atoms. The first-order chi connectivity index (χ1) is 18.8. The largest absolute Gasteiger partial charge is 0.392 e. The average Bonchev–Trinajstić information content (AvgIpc) is 3.29. The van der Waals surface area contributed by atoms with Crippen LogP contribution >= 0.6 is 11.6 Å². The fraction of sp³-hybridized carbons (Fsp3) is 0.379. The van der Waals surface area contributed by atoms with Crippen molar-refractivity contribution in [2.75, 3.05) is 18.5 Å². The first-order valence-electron chi connectivity index (χ1n) is 13.1. The third-order valence-corrected chi connectivity index (χ3v) is 7.63. The van der Waals surface area contributed by atoms with Crippen molar-refractivity contribution in [3.05, 3.63) is 75.9 Å². The molecule has 2 unspecified atom stereocenters. The Morgan fingerprint density at radius 2 is 2.00 bits per heavy atom. The van der Waals surface area contributed by atoms with Crippen LogP contribution in [0.4, 0.5) is 5.95 Å². The van der Waals surface area contributed by atoms with E-state index in [0.29, 0.717) is 47.6 Å². The molecule has 0 aliphatic carbocycles. The Balaban J connectivity index is 1.29. The average molecular weight is 550 g/mol. The maximum atomic E-state index is 13.4. The van der Waals surface area contributed by atoms with Gasteiger partial charge < -0.3 is 25.4 Å². The summed E-state index contributed by atoms with van der Waals surface area (Å²) in [6.07, 6.45) is 3.32. The number of fused-ring (bicyclic) bond motifs is 1. The Labute approximate surface area is 232 Å². The quantitative estimate of drug-likeness (QED) is 0.387. The van der Waals surface area contributed by atoms with E-state index in [1.54, 1.807) is 24.1 Å². The Morgan fingerprint density at radius 1 is 1.21 bits per heavy atom. The van der Waals surface area contributed by atoms with Crippen LogP contribution in [0.2, 0.25) is 5.02 Å². The highest BCUT2D eigenvalue weighted by molar-refractivity contribution is 6.33. The highest BCUT2D eigenvalue weighted by atomic mass is 35.5. The fourth-order valence-electron chi connectivity index (χ4n) is 4.97. The number of carbonyl (C=O) groups is 2. The maximum absolute atomic E-state index is 13.4. The van der Waals surface area contributed by atoms with Crippen LogP contribution in [0, 0.1) is 0 Å². The number of nitrogens with zero attached hydrogens (tertiary/aromatic N) is 3. The molecular weight excluding hydrogens is 518 g/mol. The van der Waals surface area contributed by atoms with E-state index in [-0.39, 0.29) is 30.5 Å². The van der Waals surface area contributed by atoms with Gasteiger partial charge in [-0.3, -0.25) is 9.59 Å². The third kappa shape index (κ3) is 5.90. The molecular formula is C29H32ClN5O4. The van der Waals surface area contributed by atoms with Gasteiger partial charge >= 0.3 is 0 Å². The van der Waals surface area contributed by atoms with E-state index >= 15 is 0 Å². The van der Waals surface area contributed by atoms with Gasteiger partial charge in [-0.05, 0) is 49.4 Å². The number of halogens is 1. The van der Waals surface area contributed by atoms with Crippen LogP contribution in [0.25, 0.3) is 11.3 Å². The number of nitrogens with one attached hydrogen (secondary N) is 2. The van der Waals surface area contributed by atoms with Gasteiger partial charge in [0, 0.05) is 36.9 Å². The van der Waals surface area contributed by atoms with E-state index in [0.717, 1.165) is 29.5 Å². The second-order valence-corrected chi connectivity index (χ2v) is 10.4. The molecule has 204 valence electrons. The second kappa shape index (κ2) is 11.7. The van der Waals surface area contributed by atoms with E-state index in [9.17, 15) is 14.7 Å². The highest BCUT2D eigenvalue weighted by Crippen LogP contribution is 2.32. The monoisotopic (exact) mass is 549 g/mol. The zero-order chi connectivity index (χ0) is 27.5. The highest BCUT2D eigenvalue weighted by Gasteiger charge is 2.34. The van der Waals surface area contributed by atoms with Crippen molar-refractivity contribution in [1.29, 1.82) is 0 Å². The Morgan fingerprint density at radius 3 is 2.77 bits per heavy atom. The number of rotatable bonds is 8. The summed E-state index contributed by atoms with van der Waals surface area (Å²) in [5, 5.41) is 16.1. The minimum Gasteiger partial charge on any atom is -0.392 e. The molecule has 0 saturated carbocycles. The summed E-state index contributed by atoms with van der Waals surface area (Å²) in [5.74, 6) is 0.0230. The number of carbonyl (C=O) groups excluding carboxylic acids is 2. The number of aliphatic hydroxyl groups excluding tert-OH is 1. The van der Waals surface area contributed by atoms with Crippen LogP contribution in [0.1, 0.15) is 59.8 Å². The molecule has 0 radical (unpaired) electrons. The minimum atomic E-state index is -0.672. The molecule has 5 rings (SSSR count). The summed E-state index contributed by atoms with van der Waals surface area (Å²) in [6, 6.07) is 12.3. The predicted molar refractivity (Wildman–Crippen MR) is 148 cm³/mol. The molecule has 2 aliphatic rings.